The molecule has 0 unspecified atom stereocenters. The molecule has 0 aliphatic carbocycles. The number of pyridine rings is 1. The van der Waals surface area contributed by atoms with Crippen LogP contribution < -0.4 is 5.32 Å². The Morgan fingerprint density at radius 1 is 1.27 bits per heavy atom. The van der Waals surface area contributed by atoms with E-state index in [9.17, 15) is 4.79 Å². The van der Waals surface area contributed by atoms with E-state index in [1.165, 1.54) is 0 Å². The molecule has 0 spiro atoms. The van der Waals surface area contributed by atoms with Crippen molar-refractivity contribution in [2.75, 3.05) is 5.32 Å². The predicted octanol–water partition coefficient (Wildman–Crippen LogP) is 3.76. The smallest absolute Gasteiger partial charge is 0.257 e. The molecule has 1 aromatic carbocycles. The Morgan fingerprint density at radius 3 is 2.77 bits per heavy atom. The van der Waals surface area contributed by atoms with Crippen molar-refractivity contribution in [3.05, 3.63) is 54.1 Å². The van der Waals surface area contributed by atoms with Crippen molar-refractivity contribution in [2.24, 2.45) is 0 Å². The number of amides is 1. The molecule has 22 heavy (non-hydrogen) atoms. The van der Waals surface area contributed by atoms with Gasteiger partial charge in [-0.3, -0.25) is 9.78 Å². The molecule has 0 bridgehead atoms. The summed E-state index contributed by atoms with van der Waals surface area (Å²) in [7, 11) is 0. The van der Waals surface area contributed by atoms with Gasteiger partial charge in [-0.2, -0.15) is 0 Å². The lowest BCUT2D eigenvalue weighted by Crippen LogP contribution is -2.11. The third kappa shape index (κ3) is 3.26. The number of aromatic nitrogens is 3. The summed E-state index contributed by atoms with van der Waals surface area (Å²) in [5.74, 6) is 1.11. The molecule has 2 heterocycles. The van der Waals surface area contributed by atoms with Gasteiger partial charge in [0.2, 0.25) is 0 Å². The molecule has 0 aliphatic heterocycles. The summed E-state index contributed by atoms with van der Waals surface area (Å²) in [6.07, 6.45) is 3.18. The van der Waals surface area contributed by atoms with E-state index >= 15 is 0 Å². The summed E-state index contributed by atoms with van der Waals surface area (Å²) in [5, 5.41) is 2.86. The van der Waals surface area contributed by atoms with E-state index in [1.807, 2.05) is 18.2 Å². The molecule has 2 N–H and O–H groups in total. The van der Waals surface area contributed by atoms with E-state index in [2.05, 4.69) is 34.1 Å². The number of rotatable bonds is 3. The number of imidazole rings is 1. The number of carbonyl (C=O) groups is 1. The van der Waals surface area contributed by atoms with Crippen LogP contribution >= 0.6 is 12.4 Å². The van der Waals surface area contributed by atoms with E-state index in [-0.39, 0.29) is 18.3 Å². The van der Waals surface area contributed by atoms with Crippen molar-refractivity contribution in [1.29, 1.82) is 0 Å². The number of hydrogen-bond donors (Lipinski definition) is 2. The minimum atomic E-state index is -0.175. The maximum Gasteiger partial charge on any atom is 0.257 e. The highest BCUT2D eigenvalue weighted by Crippen LogP contribution is 2.20. The number of fused-ring (bicyclic) bond motifs is 1. The van der Waals surface area contributed by atoms with Crippen molar-refractivity contribution in [3.63, 3.8) is 0 Å². The van der Waals surface area contributed by atoms with E-state index in [4.69, 9.17) is 0 Å². The summed E-state index contributed by atoms with van der Waals surface area (Å²) in [5.41, 5.74) is 3.08. The number of anilines is 1. The third-order valence-electron chi connectivity index (χ3n) is 3.23. The number of nitrogens with zero attached hydrogens (tertiary/aromatic N) is 2. The first kappa shape index (κ1) is 16.0. The van der Waals surface area contributed by atoms with Crippen molar-refractivity contribution >= 4 is 35.0 Å². The maximum atomic E-state index is 12.1. The first-order chi connectivity index (χ1) is 10.1. The number of nitrogens with one attached hydrogen (secondary N) is 2. The van der Waals surface area contributed by atoms with Gasteiger partial charge in [-0.15, -0.1) is 12.4 Å². The van der Waals surface area contributed by atoms with Crippen LogP contribution in [-0.4, -0.2) is 20.9 Å². The van der Waals surface area contributed by atoms with E-state index in [0.29, 0.717) is 11.5 Å². The second-order valence-electron chi connectivity index (χ2n) is 5.20. The Kier molecular flexibility index (Phi) is 4.78. The van der Waals surface area contributed by atoms with Crippen LogP contribution in [0.4, 0.5) is 5.69 Å². The number of H-pyrrole nitrogens is 1. The van der Waals surface area contributed by atoms with Gasteiger partial charge < -0.3 is 10.3 Å². The molecule has 2 aromatic heterocycles. The second kappa shape index (κ2) is 6.58. The topological polar surface area (TPSA) is 70.7 Å². The van der Waals surface area contributed by atoms with Gasteiger partial charge in [-0.05, 0) is 30.3 Å². The van der Waals surface area contributed by atoms with Crippen LogP contribution in [0.5, 0.6) is 0 Å². The Bertz CT molecular complexity index is 783. The number of halogens is 1. The lowest BCUT2D eigenvalue weighted by Gasteiger charge is -2.04. The molecular formula is C16H17ClN4O. The summed E-state index contributed by atoms with van der Waals surface area (Å²) in [4.78, 5) is 23.8. The molecule has 0 atom stereocenters. The SMILES string of the molecule is CC(C)c1nc2ccc(NC(=O)c3cccnc3)cc2[nH]1.Cl. The summed E-state index contributed by atoms with van der Waals surface area (Å²) in [6, 6.07) is 9.11. The first-order valence-corrected chi connectivity index (χ1v) is 6.84. The van der Waals surface area contributed by atoms with Gasteiger partial charge in [0.1, 0.15) is 5.82 Å². The molecule has 3 rings (SSSR count). The molecule has 1 amide bonds. The average molecular weight is 317 g/mol. The first-order valence-electron chi connectivity index (χ1n) is 6.84. The molecule has 3 aromatic rings. The number of hydrogen-bond acceptors (Lipinski definition) is 3. The molecule has 0 saturated carbocycles. The van der Waals surface area contributed by atoms with Gasteiger partial charge in [0.05, 0.1) is 16.6 Å². The summed E-state index contributed by atoms with van der Waals surface area (Å²) in [6.45, 7) is 4.17. The fraction of sp³-hybridized carbons (Fsp3) is 0.188. The molecule has 5 nitrogen and oxygen atoms in total. The largest absolute Gasteiger partial charge is 0.342 e. The molecule has 114 valence electrons. The fourth-order valence-corrected chi connectivity index (χ4v) is 2.08. The van der Waals surface area contributed by atoms with Crippen LogP contribution in [0.2, 0.25) is 0 Å². The minimum Gasteiger partial charge on any atom is -0.342 e. The second-order valence-corrected chi connectivity index (χ2v) is 5.20. The quantitative estimate of drug-likeness (QED) is 0.773. The number of carbonyl (C=O) groups excluding carboxylic acids is 1. The van der Waals surface area contributed by atoms with E-state index in [0.717, 1.165) is 22.5 Å². The molecule has 0 radical (unpaired) electrons. The highest BCUT2D eigenvalue weighted by atomic mass is 35.5. The van der Waals surface area contributed by atoms with Gasteiger partial charge in [0, 0.05) is 24.0 Å². The van der Waals surface area contributed by atoms with Crippen molar-refractivity contribution < 1.29 is 4.79 Å². The summed E-state index contributed by atoms with van der Waals surface area (Å²) < 4.78 is 0. The van der Waals surface area contributed by atoms with Gasteiger partial charge in [-0.1, -0.05) is 13.8 Å². The van der Waals surface area contributed by atoms with Gasteiger partial charge in [0.15, 0.2) is 0 Å². The monoisotopic (exact) mass is 316 g/mol. The number of benzene rings is 1. The normalized spacial score (nSPS) is 10.5. The lowest BCUT2D eigenvalue weighted by atomic mass is 10.2. The Hall–Kier alpha value is -2.40. The van der Waals surface area contributed by atoms with Gasteiger partial charge in [0.25, 0.3) is 5.91 Å². The van der Waals surface area contributed by atoms with Gasteiger partial charge in [-0.25, -0.2) is 4.98 Å². The molecular weight excluding hydrogens is 300 g/mol. The number of aromatic amines is 1. The van der Waals surface area contributed by atoms with Crippen LogP contribution in [0.1, 0.15) is 35.9 Å². The van der Waals surface area contributed by atoms with Crippen LogP contribution in [-0.2, 0) is 0 Å². The Labute approximate surface area is 134 Å². The van der Waals surface area contributed by atoms with Gasteiger partial charge >= 0.3 is 0 Å². The van der Waals surface area contributed by atoms with Crippen molar-refractivity contribution in [3.8, 4) is 0 Å². The van der Waals surface area contributed by atoms with Crippen molar-refractivity contribution in [2.45, 2.75) is 19.8 Å². The predicted molar refractivity (Wildman–Crippen MR) is 89.6 cm³/mol. The molecule has 0 saturated heterocycles. The maximum absolute atomic E-state index is 12.1. The zero-order valence-electron chi connectivity index (χ0n) is 12.3. The van der Waals surface area contributed by atoms with Crippen LogP contribution in [0.25, 0.3) is 11.0 Å². The lowest BCUT2D eigenvalue weighted by molar-refractivity contribution is 0.102. The minimum absolute atomic E-state index is 0. The van der Waals surface area contributed by atoms with Crippen LogP contribution in [0.15, 0.2) is 42.7 Å². The molecule has 6 heteroatoms. The Balaban J connectivity index is 0.00000176. The van der Waals surface area contributed by atoms with E-state index in [1.54, 1.807) is 24.5 Å². The average Bonchev–Trinajstić information content (AvgIpc) is 2.91. The molecule has 0 aliphatic rings. The highest BCUT2D eigenvalue weighted by molar-refractivity contribution is 6.04. The van der Waals surface area contributed by atoms with Crippen molar-refractivity contribution in [1.82, 2.24) is 15.0 Å². The summed E-state index contributed by atoms with van der Waals surface area (Å²) >= 11 is 0. The fourth-order valence-electron chi connectivity index (χ4n) is 2.08. The molecule has 0 fully saturated rings. The standard InChI is InChI=1S/C16H16N4O.ClH/c1-10(2)15-19-13-6-5-12(8-14(13)20-15)18-16(21)11-4-3-7-17-9-11;/h3-10H,1-2H3,(H,18,21)(H,19,20);1H. The van der Waals surface area contributed by atoms with Crippen LogP contribution in [0, 0.1) is 0 Å². The Morgan fingerprint density at radius 2 is 2.09 bits per heavy atom. The third-order valence-corrected chi connectivity index (χ3v) is 3.23. The zero-order valence-corrected chi connectivity index (χ0v) is 13.1. The zero-order chi connectivity index (χ0) is 14.8. The van der Waals surface area contributed by atoms with Crippen LogP contribution in [0.3, 0.4) is 0 Å². The van der Waals surface area contributed by atoms with E-state index < -0.39 is 0 Å². The highest BCUT2D eigenvalue weighted by Gasteiger charge is 2.09.